The van der Waals surface area contributed by atoms with Gasteiger partial charge in [0.2, 0.25) is 6.33 Å². The zero-order chi connectivity index (χ0) is 11.3. The molecule has 0 amide bonds. The smallest absolute Gasteiger partial charge is 0.333 e. The highest BCUT2D eigenvalue weighted by Crippen LogP contribution is 1.91. The van der Waals surface area contributed by atoms with Crippen LogP contribution in [0.15, 0.2) is 30.9 Å². The Morgan fingerprint density at radius 2 is 2.25 bits per heavy atom. The molecule has 16 heavy (non-hydrogen) atoms. The van der Waals surface area contributed by atoms with E-state index in [1.807, 2.05) is 23.3 Å². The SMILES string of the molecule is C=C(C)C(=O)OCC[n+]1ccn(CC)c1.[I-]. The number of imidazole rings is 1. The predicted octanol–water partition coefficient (Wildman–Crippen LogP) is -2.08. The van der Waals surface area contributed by atoms with Gasteiger partial charge in [-0.1, -0.05) is 6.58 Å². The van der Waals surface area contributed by atoms with E-state index in [-0.39, 0.29) is 29.9 Å². The fraction of sp³-hybridized carbons (Fsp3) is 0.455. The van der Waals surface area contributed by atoms with Crippen molar-refractivity contribution in [3.05, 3.63) is 30.9 Å². The molecule has 0 N–H and O–H groups in total. The van der Waals surface area contributed by atoms with Gasteiger partial charge in [0.15, 0.2) is 0 Å². The van der Waals surface area contributed by atoms with Gasteiger partial charge in [-0.2, -0.15) is 0 Å². The molecular formula is C11H17IN2O2. The van der Waals surface area contributed by atoms with E-state index in [2.05, 4.69) is 18.1 Å². The number of rotatable bonds is 5. The minimum atomic E-state index is -0.328. The lowest BCUT2D eigenvalue weighted by molar-refractivity contribution is -0.697. The molecule has 4 nitrogen and oxygen atoms in total. The second kappa shape index (κ2) is 7.43. The molecule has 5 heteroatoms. The first-order valence-electron chi connectivity index (χ1n) is 5.01. The Hall–Kier alpha value is -0.850. The number of carbonyl (C=O) groups is 1. The van der Waals surface area contributed by atoms with Gasteiger partial charge in [-0.25, -0.2) is 13.9 Å². The van der Waals surface area contributed by atoms with Crippen LogP contribution in [0.25, 0.3) is 0 Å². The van der Waals surface area contributed by atoms with Gasteiger partial charge in [0.25, 0.3) is 0 Å². The van der Waals surface area contributed by atoms with E-state index in [0.29, 0.717) is 18.7 Å². The molecule has 0 aliphatic heterocycles. The molecule has 0 aliphatic carbocycles. The van der Waals surface area contributed by atoms with Crippen LogP contribution in [0.1, 0.15) is 13.8 Å². The zero-order valence-electron chi connectivity index (χ0n) is 9.65. The van der Waals surface area contributed by atoms with E-state index >= 15 is 0 Å². The summed E-state index contributed by atoms with van der Waals surface area (Å²) in [5.74, 6) is -0.328. The topological polar surface area (TPSA) is 35.1 Å². The Labute approximate surface area is 113 Å². The van der Waals surface area contributed by atoms with Gasteiger partial charge in [0, 0.05) is 5.57 Å². The molecule has 0 atom stereocenters. The van der Waals surface area contributed by atoms with E-state index in [9.17, 15) is 4.79 Å². The number of hydrogen-bond donors (Lipinski definition) is 0. The van der Waals surface area contributed by atoms with Crippen molar-refractivity contribution in [2.45, 2.75) is 26.9 Å². The predicted molar refractivity (Wildman–Crippen MR) is 56.1 cm³/mol. The molecule has 0 bridgehead atoms. The Morgan fingerprint density at radius 3 is 2.75 bits per heavy atom. The third-order valence-electron chi connectivity index (χ3n) is 2.04. The van der Waals surface area contributed by atoms with Crippen molar-refractivity contribution in [3.63, 3.8) is 0 Å². The Balaban J connectivity index is 0.00000225. The number of aryl methyl sites for hydroxylation is 1. The summed E-state index contributed by atoms with van der Waals surface area (Å²) in [7, 11) is 0. The average Bonchev–Trinajstić information content (AvgIpc) is 2.65. The maximum atomic E-state index is 11.1. The summed E-state index contributed by atoms with van der Waals surface area (Å²) in [5, 5.41) is 0. The minimum absolute atomic E-state index is 0. The lowest BCUT2D eigenvalue weighted by atomic mass is 10.4. The van der Waals surface area contributed by atoms with Crippen LogP contribution in [0.5, 0.6) is 0 Å². The van der Waals surface area contributed by atoms with Crippen molar-refractivity contribution in [1.29, 1.82) is 0 Å². The number of carbonyl (C=O) groups excluding carboxylic acids is 1. The fourth-order valence-electron chi connectivity index (χ4n) is 1.13. The van der Waals surface area contributed by atoms with E-state index in [0.717, 1.165) is 6.54 Å². The Kier molecular flexibility index (Phi) is 7.03. The molecule has 0 saturated heterocycles. The van der Waals surface area contributed by atoms with Crippen molar-refractivity contribution < 1.29 is 38.1 Å². The molecule has 1 rings (SSSR count). The van der Waals surface area contributed by atoms with Gasteiger partial charge < -0.3 is 28.7 Å². The number of ether oxygens (including phenoxy) is 1. The van der Waals surface area contributed by atoms with Crippen molar-refractivity contribution >= 4 is 5.97 Å². The average molecular weight is 336 g/mol. The molecule has 0 fully saturated rings. The lowest BCUT2D eigenvalue weighted by Gasteiger charge is -2.01. The molecule has 1 aromatic heterocycles. The number of aromatic nitrogens is 2. The number of nitrogens with zero attached hydrogens (tertiary/aromatic N) is 2. The Bertz CT molecular complexity index is 361. The van der Waals surface area contributed by atoms with Crippen LogP contribution < -0.4 is 28.5 Å². The highest BCUT2D eigenvalue weighted by molar-refractivity contribution is 5.86. The van der Waals surface area contributed by atoms with Crippen LogP contribution in [0.3, 0.4) is 0 Å². The Morgan fingerprint density at radius 1 is 1.56 bits per heavy atom. The minimum Gasteiger partial charge on any atom is -1.00 e. The maximum Gasteiger partial charge on any atom is 0.333 e. The second-order valence-corrected chi connectivity index (χ2v) is 3.40. The first kappa shape index (κ1) is 15.2. The van der Waals surface area contributed by atoms with E-state index in [1.165, 1.54) is 0 Å². The molecule has 0 saturated carbocycles. The van der Waals surface area contributed by atoms with Gasteiger partial charge in [-0.3, -0.25) is 0 Å². The molecular weight excluding hydrogens is 319 g/mol. The van der Waals surface area contributed by atoms with Crippen LogP contribution in [-0.2, 0) is 22.6 Å². The van der Waals surface area contributed by atoms with Crippen molar-refractivity contribution in [3.8, 4) is 0 Å². The molecule has 1 heterocycles. The highest BCUT2D eigenvalue weighted by atomic mass is 127. The monoisotopic (exact) mass is 336 g/mol. The molecule has 1 aromatic rings. The van der Waals surface area contributed by atoms with E-state index in [4.69, 9.17) is 4.74 Å². The molecule has 0 aliphatic rings. The third-order valence-corrected chi connectivity index (χ3v) is 2.04. The normalized spacial score (nSPS) is 9.38. The second-order valence-electron chi connectivity index (χ2n) is 3.40. The van der Waals surface area contributed by atoms with Gasteiger partial charge >= 0.3 is 5.97 Å². The highest BCUT2D eigenvalue weighted by Gasteiger charge is 2.05. The van der Waals surface area contributed by atoms with Crippen molar-refractivity contribution in [2.75, 3.05) is 6.61 Å². The van der Waals surface area contributed by atoms with Gasteiger partial charge in [-0.05, 0) is 13.8 Å². The zero-order valence-corrected chi connectivity index (χ0v) is 11.8. The summed E-state index contributed by atoms with van der Waals surface area (Å²) in [5.41, 5.74) is 0.436. The molecule has 0 aromatic carbocycles. The van der Waals surface area contributed by atoms with Gasteiger partial charge in [-0.15, -0.1) is 0 Å². The van der Waals surface area contributed by atoms with Crippen LogP contribution in [0.4, 0.5) is 0 Å². The van der Waals surface area contributed by atoms with Crippen LogP contribution in [-0.4, -0.2) is 17.1 Å². The first-order chi connectivity index (χ1) is 7.13. The number of hydrogen-bond acceptors (Lipinski definition) is 2. The van der Waals surface area contributed by atoms with E-state index < -0.39 is 0 Å². The standard InChI is InChI=1S/C11H17N2O2.HI/c1-4-12-5-6-13(9-12)7-8-15-11(14)10(2)3;/h5-6,9H,2,4,7-8H2,1,3H3;1H/q+1;/p-1. The number of halogens is 1. The van der Waals surface area contributed by atoms with Crippen LogP contribution in [0.2, 0.25) is 0 Å². The van der Waals surface area contributed by atoms with E-state index in [1.54, 1.807) is 6.92 Å². The quantitative estimate of drug-likeness (QED) is 0.268. The third kappa shape index (κ3) is 4.78. The molecule has 0 spiro atoms. The van der Waals surface area contributed by atoms with Crippen molar-refractivity contribution in [2.24, 2.45) is 0 Å². The van der Waals surface area contributed by atoms with Crippen LogP contribution >= 0.6 is 0 Å². The molecule has 0 unspecified atom stereocenters. The summed E-state index contributed by atoms with van der Waals surface area (Å²) >= 11 is 0. The van der Waals surface area contributed by atoms with Crippen LogP contribution in [0, 0.1) is 0 Å². The summed E-state index contributed by atoms with van der Waals surface area (Å²) in [6, 6.07) is 0. The maximum absolute atomic E-state index is 11.1. The summed E-state index contributed by atoms with van der Waals surface area (Å²) in [4.78, 5) is 11.1. The number of esters is 1. The summed E-state index contributed by atoms with van der Waals surface area (Å²) in [6.45, 7) is 9.22. The summed E-state index contributed by atoms with van der Waals surface area (Å²) < 4.78 is 9.02. The first-order valence-corrected chi connectivity index (χ1v) is 5.01. The summed E-state index contributed by atoms with van der Waals surface area (Å²) in [6.07, 6.45) is 5.92. The molecule has 90 valence electrons. The largest absolute Gasteiger partial charge is 1.00 e. The molecule has 0 radical (unpaired) electrons. The van der Waals surface area contributed by atoms with Crippen molar-refractivity contribution in [1.82, 2.24) is 4.57 Å². The lowest BCUT2D eigenvalue weighted by Crippen LogP contribution is -3.00. The fourth-order valence-corrected chi connectivity index (χ4v) is 1.13. The van der Waals surface area contributed by atoms with Gasteiger partial charge in [0.05, 0.1) is 6.54 Å². The van der Waals surface area contributed by atoms with Gasteiger partial charge in [0.1, 0.15) is 25.5 Å².